The molecule has 0 aliphatic carbocycles. The minimum Gasteiger partial charge on any atom is -0.371 e. The van der Waals surface area contributed by atoms with Crippen LogP contribution < -0.4 is 16.0 Å². The van der Waals surface area contributed by atoms with E-state index >= 15 is 0 Å². The molecule has 2 aromatic carbocycles. The first-order valence-electron chi connectivity index (χ1n) is 7.35. The third-order valence-electron chi connectivity index (χ3n) is 3.86. The molecule has 1 saturated heterocycles. The maximum absolute atomic E-state index is 11.7. The molecule has 1 fully saturated rings. The number of nitrogens with two attached hydrogens (primary N) is 1. The smallest absolute Gasteiger partial charge is 0.250 e. The highest BCUT2D eigenvalue weighted by atomic mass is 35.5. The van der Waals surface area contributed by atoms with Crippen molar-refractivity contribution in [1.29, 1.82) is 0 Å². The lowest BCUT2D eigenvalue weighted by Crippen LogP contribution is -2.23. The number of halogens is 1. The minimum absolute atomic E-state index is 0.397. The quantitative estimate of drug-likeness (QED) is 0.902. The molecular formula is C17H18ClN3O. The second kappa shape index (κ2) is 6.28. The average molecular weight is 316 g/mol. The molecular weight excluding hydrogens is 298 g/mol. The fourth-order valence-electron chi connectivity index (χ4n) is 2.76. The van der Waals surface area contributed by atoms with Crippen molar-refractivity contribution < 1.29 is 4.79 Å². The standard InChI is InChI=1S/C17H18ClN3O/c18-14-5-1-2-6-15(14)20-12-7-8-13(17(19)22)16(11-12)21-9-3-4-10-21/h1-2,5-8,11,20H,3-4,9-10H2,(H2,19,22). The predicted octanol–water partition coefficient (Wildman–Crippen LogP) is 3.78. The number of benzene rings is 2. The number of para-hydroxylation sites is 1. The van der Waals surface area contributed by atoms with Crippen molar-refractivity contribution in [3.05, 3.63) is 53.1 Å². The second-order valence-corrected chi connectivity index (χ2v) is 5.80. The van der Waals surface area contributed by atoms with Crippen LogP contribution in [-0.2, 0) is 0 Å². The number of hydrogen-bond acceptors (Lipinski definition) is 3. The minimum atomic E-state index is -0.397. The second-order valence-electron chi connectivity index (χ2n) is 5.40. The SMILES string of the molecule is NC(=O)c1ccc(Nc2ccccc2Cl)cc1N1CCCC1. The molecule has 1 aliphatic heterocycles. The molecule has 0 atom stereocenters. The van der Waals surface area contributed by atoms with Crippen LogP contribution in [0.15, 0.2) is 42.5 Å². The molecule has 2 aromatic rings. The third kappa shape index (κ3) is 3.02. The molecule has 0 unspecified atom stereocenters. The van der Waals surface area contributed by atoms with Gasteiger partial charge in [0.2, 0.25) is 0 Å². The maximum Gasteiger partial charge on any atom is 0.250 e. The monoisotopic (exact) mass is 315 g/mol. The summed E-state index contributed by atoms with van der Waals surface area (Å²) in [6.07, 6.45) is 2.28. The first-order valence-corrected chi connectivity index (χ1v) is 7.73. The van der Waals surface area contributed by atoms with E-state index in [1.807, 2.05) is 36.4 Å². The summed E-state index contributed by atoms with van der Waals surface area (Å²) in [5.74, 6) is -0.397. The molecule has 0 radical (unpaired) electrons. The number of hydrogen-bond donors (Lipinski definition) is 2. The van der Waals surface area contributed by atoms with Crippen LogP contribution in [0.25, 0.3) is 0 Å². The Bertz CT molecular complexity index is 696. The fraction of sp³-hybridized carbons (Fsp3) is 0.235. The van der Waals surface area contributed by atoms with Crippen LogP contribution in [0.1, 0.15) is 23.2 Å². The van der Waals surface area contributed by atoms with Gasteiger partial charge in [0.1, 0.15) is 0 Å². The lowest BCUT2D eigenvalue weighted by atomic mass is 10.1. The zero-order chi connectivity index (χ0) is 15.5. The van der Waals surface area contributed by atoms with Gasteiger partial charge in [0, 0.05) is 18.8 Å². The predicted molar refractivity (Wildman–Crippen MR) is 91.1 cm³/mol. The van der Waals surface area contributed by atoms with E-state index in [1.54, 1.807) is 6.07 Å². The topological polar surface area (TPSA) is 58.4 Å². The van der Waals surface area contributed by atoms with Gasteiger partial charge in [-0.05, 0) is 43.2 Å². The van der Waals surface area contributed by atoms with Crippen LogP contribution in [-0.4, -0.2) is 19.0 Å². The first kappa shape index (κ1) is 14.7. The van der Waals surface area contributed by atoms with Gasteiger partial charge in [-0.2, -0.15) is 0 Å². The molecule has 1 heterocycles. The van der Waals surface area contributed by atoms with Gasteiger partial charge in [-0.15, -0.1) is 0 Å². The van der Waals surface area contributed by atoms with E-state index in [0.29, 0.717) is 10.6 Å². The number of nitrogens with one attached hydrogen (secondary N) is 1. The van der Waals surface area contributed by atoms with Gasteiger partial charge in [0.25, 0.3) is 5.91 Å². The average Bonchev–Trinajstić information content (AvgIpc) is 3.03. The van der Waals surface area contributed by atoms with Gasteiger partial charge >= 0.3 is 0 Å². The Morgan fingerprint density at radius 1 is 1.14 bits per heavy atom. The molecule has 3 rings (SSSR count). The van der Waals surface area contributed by atoms with Crippen molar-refractivity contribution in [3.8, 4) is 0 Å². The Hall–Kier alpha value is -2.20. The van der Waals surface area contributed by atoms with Crippen LogP contribution in [0, 0.1) is 0 Å². The number of carbonyl (C=O) groups is 1. The van der Waals surface area contributed by atoms with Gasteiger partial charge in [0.15, 0.2) is 0 Å². The largest absolute Gasteiger partial charge is 0.371 e. The molecule has 0 spiro atoms. The lowest BCUT2D eigenvalue weighted by Gasteiger charge is -2.21. The van der Waals surface area contributed by atoms with Crippen molar-refractivity contribution in [2.75, 3.05) is 23.3 Å². The van der Waals surface area contributed by atoms with Gasteiger partial charge in [-0.3, -0.25) is 4.79 Å². The Morgan fingerprint density at radius 2 is 1.86 bits per heavy atom. The van der Waals surface area contributed by atoms with Crippen molar-refractivity contribution in [1.82, 2.24) is 0 Å². The maximum atomic E-state index is 11.7. The van der Waals surface area contributed by atoms with E-state index in [2.05, 4.69) is 10.2 Å². The molecule has 0 bridgehead atoms. The van der Waals surface area contributed by atoms with Gasteiger partial charge in [0.05, 0.1) is 22.0 Å². The lowest BCUT2D eigenvalue weighted by molar-refractivity contribution is 0.100. The summed E-state index contributed by atoms with van der Waals surface area (Å²) in [6.45, 7) is 1.91. The summed E-state index contributed by atoms with van der Waals surface area (Å²) in [5, 5.41) is 3.95. The molecule has 4 nitrogen and oxygen atoms in total. The summed E-state index contributed by atoms with van der Waals surface area (Å²) >= 11 is 6.18. The Balaban J connectivity index is 1.94. The fourth-order valence-corrected chi connectivity index (χ4v) is 2.94. The number of carbonyl (C=O) groups excluding carboxylic acids is 1. The van der Waals surface area contributed by atoms with Crippen LogP contribution >= 0.6 is 11.6 Å². The highest BCUT2D eigenvalue weighted by molar-refractivity contribution is 6.33. The van der Waals surface area contributed by atoms with Crippen LogP contribution in [0.4, 0.5) is 17.1 Å². The van der Waals surface area contributed by atoms with Crippen LogP contribution in [0.2, 0.25) is 5.02 Å². The number of anilines is 3. The summed E-state index contributed by atoms with van der Waals surface area (Å²) in [5.41, 5.74) is 8.68. The summed E-state index contributed by atoms with van der Waals surface area (Å²) < 4.78 is 0. The Morgan fingerprint density at radius 3 is 2.55 bits per heavy atom. The van der Waals surface area contributed by atoms with E-state index in [4.69, 9.17) is 17.3 Å². The molecule has 1 aliphatic rings. The zero-order valence-electron chi connectivity index (χ0n) is 12.2. The van der Waals surface area contributed by atoms with Gasteiger partial charge in [-0.25, -0.2) is 0 Å². The normalized spacial score (nSPS) is 14.1. The summed E-state index contributed by atoms with van der Waals surface area (Å²) in [6, 6.07) is 13.2. The molecule has 5 heteroatoms. The number of rotatable bonds is 4. The van der Waals surface area contributed by atoms with E-state index < -0.39 is 5.91 Å². The highest BCUT2D eigenvalue weighted by Gasteiger charge is 2.18. The molecule has 22 heavy (non-hydrogen) atoms. The molecule has 0 aromatic heterocycles. The first-order chi connectivity index (χ1) is 10.6. The Kier molecular flexibility index (Phi) is 4.20. The van der Waals surface area contributed by atoms with E-state index in [0.717, 1.165) is 43.0 Å². The van der Waals surface area contributed by atoms with Crippen molar-refractivity contribution >= 4 is 34.6 Å². The van der Waals surface area contributed by atoms with E-state index in [1.165, 1.54) is 0 Å². The Labute approximate surface area is 134 Å². The van der Waals surface area contributed by atoms with Crippen LogP contribution in [0.3, 0.4) is 0 Å². The van der Waals surface area contributed by atoms with E-state index in [-0.39, 0.29) is 0 Å². The molecule has 0 saturated carbocycles. The number of primary amides is 1. The van der Waals surface area contributed by atoms with Gasteiger partial charge in [-0.1, -0.05) is 23.7 Å². The number of amides is 1. The molecule has 3 N–H and O–H groups in total. The molecule has 1 amide bonds. The summed E-state index contributed by atoms with van der Waals surface area (Å²) in [4.78, 5) is 13.9. The third-order valence-corrected chi connectivity index (χ3v) is 4.19. The highest BCUT2D eigenvalue weighted by Crippen LogP contribution is 2.31. The number of nitrogens with zero attached hydrogens (tertiary/aromatic N) is 1. The molecule has 114 valence electrons. The summed E-state index contributed by atoms with van der Waals surface area (Å²) in [7, 11) is 0. The van der Waals surface area contributed by atoms with E-state index in [9.17, 15) is 4.79 Å². The van der Waals surface area contributed by atoms with Crippen molar-refractivity contribution in [2.45, 2.75) is 12.8 Å². The van der Waals surface area contributed by atoms with Crippen molar-refractivity contribution in [2.24, 2.45) is 5.73 Å². The van der Waals surface area contributed by atoms with Crippen LogP contribution in [0.5, 0.6) is 0 Å². The van der Waals surface area contributed by atoms with Crippen molar-refractivity contribution in [3.63, 3.8) is 0 Å². The zero-order valence-corrected chi connectivity index (χ0v) is 12.9. The van der Waals surface area contributed by atoms with Gasteiger partial charge < -0.3 is 16.0 Å².